The quantitative estimate of drug-likeness (QED) is 0.576. The largest absolute Gasteiger partial charge is 0.591 e. The molecule has 4 heteroatoms. The second-order valence-electron chi connectivity index (χ2n) is 4.48. The van der Waals surface area contributed by atoms with Crippen molar-refractivity contribution in [3.05, 3.63) is 23.2 Å². The molecule has 1 aromatic rings. The number of hydrogen-bond acceptors (Lipinski definition) is 3. The van der Waals surface area contributed by atoms with Crippen LogP contribution in [0.1, 0.15) is 37.9 Å². The van der Waals surface area contributed by atoms with Crippen molar-refractivity contribution in [3.8, 4) is 0 Å². The molecule has 0 saturated heterocycles. The van der Waals surface area contributed by atoms with E-state index in [0.717, 1.165) is 11.3 Å². The van der Waals surface area contributed by atoms with E-state index in [4.69, 9.17) is 4.42 Å². The molecule has 1 heterocycles. The van der Waals surface area contributed by atoms with Gasteiger partial charge in [-0.15, -0.1) is 0 Å². The van der Waals surface area contributed by atoms with Crippen molar-refractivity contribution < 1.29 is 8.97 Å². The van der Waals surface area contributed by atoms with Crippen LogP contribution in [0.25, 0.3) is 0 Å². The third-order valence-electron chi connectivity index (χ3n) is 1.98. The molecule has 0 saturated carbocycles. The van der Waals surface area contributed by atoms with Gasteiger partial charge >= 0.3 is 0 Å². The minimum Gasteiger partial charge on any atom is -0.591 e. The van der Waals surface area contributed by atoms with Crippen molar-refractivity contribution in [2.24, 2.45) is 4.40 Å². The summed E-state index contributed by atoms with van der Waals surface area (Å²) in [6.07, 6.45) is 1.53. The van der Waals surface area contributed by atoms with Crippen molar-refractivity contribution in [1.82, 2.24) is 0 Å². The van der Waals surface area contributed by atoms with Crippen LogP contribution < -0.4 is 0 Å². The molecule has 0 aliphatic heterocycles. The fourth-order valence-electron chi connectivity index (χ4n) is 0.923. The van der Waals surface area contributed by atoms with Gasteiger partial charge in [0.25, 0.3) is 0 Å². The van der Waals surface area contributed by atoms with Crippen LogP contribution in [-0.4, -0.2) is 15.5 Å². The molecule has 15 heavy (non-hydrogen) atoms. The lowest BCUT2D eigenvalue weighted by molar-refractivity contribution is 0.525. The van der Waals surface area contributed by atoms with Gasteiger partial charge in [-0.1, -0.05) is 4.40 Å². The summed E-state index contributed by atoms with van der Waals surface area (Å²) in [5.74, 6) is 1.53. The zero-order valence-corrected chi connectivity index (χ0v) is 10.6. The molecule has 0 bridgehead atoms. The van der Waals surface area contributed by atoms with E-state index in [0.29, 0.717) is 5.76 Å². The summed E-state index contributed by atoms with van der Waals surface area (Å²) in [5, 5.41) is 0. The summed E-state index contributed by atoms with van der Waals surface area (Å²) in [5.41, 5.74) is 1.08. The summed E-state index contributed by atoms with van der Waals surface area (Å²) in [6.45, 7) is 9.53. The van der Waals surface area contributed by atoms with Gasteiger partial charge in [-0.3, -0.25) is 0 Å². The Bertz CT molecular complexity index is 344. The van der Waals surface area contributed by atoms with Crippen LogP contribution in [0.2, 0.25) is 0 Å². The average Bonchev–Trinajstić information content (AvgIpc) is 2.41. The Labute approximate surface area is 93.9 Å². The lowest BCUT2D eigenvalue weighted by atomic mass is 10.3. The van der Waals surface area contributed by atoms with E-state index in [-0.39, 0.29) is 4.75 Å². The second kappa shape index (κ2) is 4.41. The van der Waals surface area contributed by atoms with Crippen LogP contribution in [0, 0.1) is 13.8 Å². The first-order chi connectivity index (χ1) is 6.80. The average molecular weight is 227 g/mol. The summed E-state index contributed by atoms with van der Waals surface area (Å²) in [4.78, 5) is 0. The smallest absolute Gasteiger partial charge is 0.150 e. The number of nitrogens with zero attached hydrogens (tertiary/aromatic N) is 1. The summed E-state index contributed by atoms with van der Waals surface area (Å²) in [6, 6.07) is 1.89. The molecular weight excluding hydrogens is 210 g/mol. The summed E-state index contributed by atoms with van der Waals surface area (Å²) in [7, 11) is 0. The molecule has 0 aliphatic rings. The number of aryl methyl sites for hydroxylation is 2. The molecule has 0 N–H and O–H groups in total. The van der Waals surface area contributed by atoms with E-state index in [2.05, 4.69) is 4.40 Å². The van der Waals surface area contributed by atoms with Crippen molar-refractivity contribution in [3.63, 3.8) is 0 Å². The summed E-state index contributed by atoms with van der Waals surface area (Å²) < 4.78 is 20.6. The first-order valence-electron chi connectivity index (χ1n) is 4.84. The van der Waals surface area contributed by atoms with E-state index < -0.39 is 11.4 Å². The van der Waals surface area contributed by atoms with Crippen LogP contribution in [0.4, 0.5) is 0 Å². The van der Waals surface area contributed by atoms with Gasteiger partial charge in [0.2, 0.25) is 0 Å². The minimum absolute atomic E-state index is 0.326. The molecule has 0 amide bonds. The molecule has 1 unspecified atom stereocenters. The fourth-order valence-corrected chi connectivity index (χ4v) is 1.44. The van der Waals surface area contributed by atoms with Crippen LogP contribution in [0.5, 0.6) is 0 Å². The Morgan fingerprint density at radius 3 is 2.40 bits per heavy atom. The molecule has 0 aliphatic carbocycles. The highest BCUT2D eigenvalue weighted by atomic mass is 32.2. The highest BCUT2D eigenvalue weighted by Crippen LogP contribution is 2.17. The predicted molar refractivity (Wildman–Crippen MR) is 63.7 cm³/mol. The Morgan fingerprint density at radius 1 is 1.40 bits per heavy atom. The maximum absolute atomic E-state index is 11.6. The van der Waals surface area contributed by atoms with Gasteiger partial charge in [0.1, 0.15) is 33.8 Å². The monoisotopic (exact) mass is 227 g/mol. The van der Waals surface area contributed by atoms with Crippen LogP contribution in [0.3, 0.4) is 0 Å². The van der Waals surface area contributed by atoms with E-state index >= 15 is 0 Å². The third-order valence-corrected chi connectivity index (χ3v) is 3.33. The first kappa shape index (κ1) is 12.3. The van der Waals surface area contributed by atoms with Gasteiger partial charge in [0, 0.05) is 0 Å². The third kappa shape index (κ3) is 3.39. The van der Waals surface area contributed by atoms with Crippen LogP contribution in [-0.2, 0) is 11.4 Å². The van der Waals surface area contributed by atoms with E-state index in [1.807, 2.05) is 40.7 Å². The van der Waals surface area contributed by atoms with Crippen molar-refractivity contribution in [1.29, 1.82) is 0 Å². The zero-order valence-electron chi connectivity index (χ0n) is 9.83. The van der Waals surface area contributed by atoms with Crippen molar-refractivity contribution >= 4 is 17.6 Å². The zero-order chi connectivity index (χ0) is 11.6. The van der Waals surface area contributed by atoms with E-state index in [1.165, 1.54) is 6.21 Å². The molecule has 84 valence electrons. The van der Waals surface area contributed by atoms with Crippen LogP contribution >= 0.6 is 0 Å². The molecular formula is C11H17NO2S. The van der Waals surface area contributed by atoms with E-state index in [9.17, 15) is 4.55 Å². The number of rotatable bonds is 2. The Balaban J connectivity index is 2.74. The first-order valence-corrected chi connectivity index (χ1v) is 5.94. The molecule has 0 spiro atoms. The maximum Gasteiger partial charge on any atom is 0.150 e. The molecule has 1 aromatic heterocycles. The van der Waals surface area contributed by atoms with Gasteiger partial charge in [0.05, 0.1) is 0 Å². The number of furan rings is 1. The fraction of sp³-hybridized carbons (Fsp3) is 0.545. The molecule has 0 aromatic carbocycles. The molecule has 0 fully saturated rings. The lowest BCUT2D eigenvalue weighted by Crippen LogP contribution is -2.25. The highest BCUT2D eigenvalue weighted by molar-refractivity contribution is 7.91. The number of hydrogen-bond donors (Lipinski definition) is 0. The van der Waals surface area contributed by atoms with Gasteiger partial charge < -0.3 is 8.97 Å². The molecule has 1 rings (SSSR count). The minimum atomic E-state index is -1.23. The van der Waals surface area contributed by atoms with Crippen LogP contribution in [0.15, 0.2) is 14.9 Å². The van der Waals surface area contributed by atoms with Crippen molar-refractivity contribution in [2.75, 3.05) is 0 Å². The van der Waals surface area contributed by atoms with Gasteiger partial charge in [0.15, 0.2) is 0 Å². The highest BCUT2D eigenvalue weighted by Gasteiger charge is 2.25. The standard InChI is InChI=1S/C11H17NO2S/c1-8-6-10(14-9(8)2)7-12-15(13)11(3,4)5/h6-7H,1-5H3. The SMILES string of the molecule is Cc1cc(C=N[S+]([O-])C(C)(C)C)oc1C. The molecule has 0 radical (unpaired) electrons. The van der Waals surface area contributed by atoms with Gasteiger partial charge in [-0.25, -0.2) is 0 Å². The van der Waals surface area contributed by atoms with Gasteiger partial charge in [-0.2, -0.15) is 0 Å². The van der Waals surface area contributed by atoms with E-state index in [1.54, 1.807) is 0 Å². The van der Waals surface area contributed by atoms with Crippen molar-refractivity contribution in [2.45, 2.75) is 39.4 Å². The predicted octanol–water partition coefficient (Wildman–Crippen LogP) is 2.78. The molecule has 3 nitrogen and oxygen atoms in total. The Morgan fingerprint density at radius 2 is 2.00 bits per heavy atom. The Kier molecular flexibility index (Phi) is 3.62. The molecule has 1 atom stereocenters. The summed E-state index contributed by atoms with van der Waals surface area (Å²) >= 11 is -1.23. The lowest BCUT2D eigenvalue weighted by Gasteiger charge is -2.17. The maximum atomic E-state index is 11.6. The normalized spacial score (nSPS) is 14.8. The topological polar surface area (TPSA) is 48.6 Å². The second-order valence-corrected chi connectivity index (χ2v) is 6.42. The van der Waals surface area contributed by atoms with Gasteiger partial charge in [-0.05, 0) is 46.2 Å². The Hall–Kier alpha value is -0.740.